The molecule has 1 saturated carbocycles. The molecule has 0 spiro atoms. The predicted octanol–water partition coefficient (Wildman–Crippen LogP) is 1.99. The Bertz CT molecular complexity index is 527. The monoisotopic (exact) mass is 230 g/mol. The number of hydrogen-bond donors (Lipinski definition) is 2. The Balaban J connectivity index is 1.80. The summed E-state index contributed by atoms with van der Waals surface area (Å²) < 4.78 is 5.08. The van der Waals surface area contributed by atoms with Crippen molar-refractivity contribution in [2.45, 2.75) is 24.9 Å². The van der Waals surface area contributed by atoms with Crippen molar-refractivity contribution in [3.05, 3.63) is 35.9 Å². The molecule has 0 atom stereocenters. The lowest BCUT2D eigenvalue weighted by atomic mass is 10.0. The van der Waals surface area contributed by atoms with E-state index in [1.165, 1.54) is 0 Å². The van der Waals surface area contributed by atoms with E-state index in [4.69, 9.17) is 10.3 Å². The summed E-state index contributed by atoms with van der Waals surface area (Å²) in [6.07, 6.45) is 2.55. The Morgan fingerprint density at radius 3 is 2.53 bits per heavy atom. The normalized spacial score (nSPS) is 17.0. The average Bonchev–Trinajstić information content (AvgIpc) is 2.87. The van der Waals surface area contributed by atoms with Crippen LogP contribution in [0.25, 0.3) is 11.3 Å². The van der Waals surface area contributed by atoms with Gasteiger partial charge < -0.3 is 15.4 Å². The highest BCUT2D eigenvalue weighted by atomic mass is 16.5. The number of hydrogen-bond acceptors (Lipinski definition) is 4. The fourth-order valence-corrected chi connectivity index (χ4v) is 1.91. The van der Waals surface area contributed by atoms with Crippen LogP contribution in [0.5, 0.6) is 0 Å². The first kappa shape index (κ1) is 10.4. The molecule has 3 N–H and O–H groups in total. The molecule has 88 valence electrons. The molecule has 0 bridgehead atoms. The molecule has 0 radical (unpaired) electrons. The number of aromatic nitrogens is 1. The van der Waals surface area contributed by atoms with Gasteiger partial charge in [0.25, 0.3) is 0 Å². The molecular weight excluding hydrogens is 216 g/mol. The van der Waals surface area contributed by atoms with Gasteiger partial charge in [0.2, 0.25) is 0 Å². The number of nitrogens with two attached hydrogens (primary N) is 1. The molecule has 4 heteroatoms. The number of rotatable bonds is 3. The van der Waals surface area contributed by atoms with Gasteiger partial charge in [-0.2, -0.15) is 0 Å². The predicted molar refractivity (Wildman–Crippen MR) is 64.2 cm³/mol. The van der Waals surface area contributed by atoms with Crippen LogP contribution in [0.1, 0.15) is 18.4 Å². The average molecular weight is 230 g/mol. The Kier molecular flexibility index (Phi) is 2.19. The molecule has 0 aliphatic heterocycles. The molecule has 0 saturated heterocycles. The summed E-state index contributed by atoms with van der Waals surface area (Å²) in [7, 11) is 0. The van der Waals surface area contributed by atoms with Crippen molar-refractivity contribution in [2.24, 2.45) is 0 Å². The van der Waals surface area contributed by atoms with Gasteiger partial charge >= 0.3 is 0 Å². The highest BCUT2D eigenvalue weighted by Crippen LogP contribution is 2.38. The third kappa shape index (κ3) is 2.17. The van der Waals surface area contributed by atoms with Crippen LogP contribution in [0.4, 0.5) is 5.82 Å². The number of aliphatic hydroxyl groups is 1. The van der Waals surface area contributed by atoms with Crippen molar-refractivity contribution in [3.8, 4) is 11.3 Å². The Morgan fingerprint density at radius 2 is 2.00 bits per heavy atom. The number of nitrogen functional groups attached to an aromatic ring is 1. The second kappa shape index (κ2) is 3.60. The number of benzene rings is 1. The second-order valence-corrected chi connectivity index (χ2v) is 4.71. The van der Waals surface area contributed by atoms with Crippen LogP contribution in [-0.4, -0.2) is 15.9 Å². The van der Waals surface area contributed by atoms with Crippen LogP contribution in [0, 0.1) is 0 Å². The third-order valence-corrected chi connectivity index (χ3v) is 3.13. The van der Waals surface area contributed by atoms with Gasteiger partial charge in [-0.1, -0.05) is 29.4 Å². The van der Waals surface area contributed by atoms with E-state index in [1.54, 1.807) is 6.07 Å². The molecule has 1 aromatic carbocycles. The van der Waals surface area contributed by atoms with Crippen molar-refractivity contribution in [3.63, 3.8) is 0 Å². The van der Waals surface area contributed by atoms with Gasteiger partial charge in [0.05, 0.1) is 5.60 Å². The van der Waals surface area contributed by atoms with Gasteiger partial charge in [0.1, 0.15) is 0 Å². The van der Waals surface area contributed by atoms with E-state index < -0.39 is 5.60 Å². The van der Waals surface area contributed by atoms with Gasteiger partial charge in [-0.05, 0) is 18.4 Å². The maximum atomic E-state index is 9.83. The lowest BCUT2D eigenvalue weighted by Crippen LogP contribution is -2.10. The van der Waals surface area contributed by atoms with Gasteiger partial charge in [-0.15, -0.1) is 0 Å². The first-order chi connectivity index (χ1) is 8.15. The molecule has 17 heavy (non-hydrogen) atoms. The molecule has 1 heterocycles. The van der Waals surface area contributed by atoms with Crippen LogP contribution in [-0.2, 0) is 6.42 Å². The minimum Gasteiger partial charge on any atom is -0.390 e. The minimum absolute atomic E-state index is 0.386. The SMILES string of the molecule is Nc1cc(-c2ccc(CC3(O)CC3)cc2)on1. The minimum atomic E-state index is -0.446. The van der Waals surface area contributed by atoms with Gasteiger partial charge in [0.15, 0.2) is 11.6 Å². The molecule has 1 aromatic heterocycles. The summed E-state index contributed by atoms with van der Waals surface area (Å²) >= 11 is 0. The van der Waals surface area contributed by atoms with E-state index in [0.29, 0.717) is 11.6 Å². The quantitative estimate of drug-likeness (QED) is 0.845. The van der Waals surface area contributed by atoms with Crippen LogP contribution in [0.15, 0.2) is 34.9 Å². The van der Waals surface area contributed by atoms with Crippen molar-refractivity contribution < 1.29 is 9.63 Å². The molecule has 2 aromatic rings. The maximum Gasteiger partial charge on any atom is 0.169 e. The lowest BCUT2D eigenvalue weighted by molar-refractivity contribution is 0.151. The van der Waals surface area contributed by atoms with E-state index in [9.17, 15) is 5.11 Å². The van der Waals surface area contributed by atoms with E-state index in [1.807, 2.05) is 24.3 Å². The largest absolute Gasteiger partial charge is 0.390 e. The van der Waals surface area contributed by atoms with E-state index in [-0.39, 0.29) is 0 Å². The van der Waals surface area contributed by atoms with Gasteiger partial charge in [0, 0.05) is 18.1 Å². The molecule has 3 rings (SSSR count). The zero-order chi connectivity index (χ0) is 11.9. The first-order valence-corrected chi connectivity index (χ1v) is 5.69. The zero-order valence-corrected chi connectivity index (χ0v) is 9.39. The fourth-order valence-electron chi connectivity index (χ4n) is 1.91. The summed E-state index contributed by atoms with van der Waals surface area (Å²) in [4.78, 5) is 0. The van der Waals surface area contributed by atoms with Crippen molar-refractivity contribution in [2.75, 3.05) is 5.73 Å². The maximum absolute atomic E-state index is 9.83. The number of nitrogens with zero attached hydrogens (tertiary/aromatic N) is 1. The zero-order valence-electron chi connectivity index (χ0n) is 9.39. The number of anilines is 1. The molecule has 0 amide bonds. The van der Waals surface area contributed by atoms with Crippen molar-refractivity contribution >= 4 is 5.82 Å². The molecular formula is C13H14N2O2. The third-order valence-electron chi connectivity index (χ3n) is 3.13. The first-order valence-electron chi connectivity index (χ1n) is 5.69. The van der Waals surface area contributed by atoms with Crippen LogP contribution < -0.4 is 5.73 Å². The summed E-state index contributed by atoms with van der Waals surface area (Å²) in [5, 5.41) is 13.5. The molecule has 1 aliphatic carbocycles. The van der Waals surface area contributed by atoms with Crippen LogP contribution in [0.3, 0.4) is 0 Å². The summed E-state index contributed by atoms with van der Waals surface area (Å²) in [6, 6.07) is 9.63. The second-order valence-electron chi connectivity index (χ2n) is 4.71. The van der Waals surface area contributed by atoms with Crippen molar-refractivity contribution in [1.29, 1.82) is 0 Å². The topological polar surface area (TPSA) is 72.3 Å². The van der Waals surface area contributed by atoms with E-state index in [0.717, 1.165) is 30.4 Å². The fraction of sp³-hybridized carbons (Fsp3) is 0.308. The van der Waals surface area contributed by atoms with E-state index in [2.05, 4.69) is 5.16 Å². The molecule has 0 unspecified atom stereocenters. The van der Waals surface area contributed by atoms with Crippen molar-refractivity contribution in [1.82, 2.24) is 5.16 Å². The Morgan fingerprint density at radius 1 is 1.29 bits per heavy atom. The Hall–Kier alpha value is -1.81. The van der Waals surface area contributed by atoms with Crippen LogP contribution >= 0.6 is 0 Å². The molecule has 4 nitrogen and oxygen atoms in total. The van der Waals surface area contributed by atoms with Gasteiger partial charge in [-0.3, -0.25) is 0 Å². The van der Waals surface area contributed by atoms with Gasteiger partial charge in [-0.25, -0.2) is 0 Å². The standard InChI is InChI=1S/C13H14N2O2/c14-12-7-11(17-15-12)10-3-1-9(2-4-10)8-13(16)5-6-13/h1-4,7,16H,5-6,8H2,(H2,14,15). The summed E-state index contributed by atoms with van der Waals surface area (Å²) in [5.41, 5.74) is 7.14. The smallest absolute Gasteiger partial charge is 0.169 e. The summed E-state index contributed by atoms with van der Waals surface area (Å²) in [5.74, 6) is 1.05. The molecule has 1 aliphatic rings. The Labute approximate surface area is 99.0 Å². The molecule has 1 fully saturated rings. The summed E-state index contributed by atoms with van der Waals surface area (Å²) in [6.45, 7) is 0. The lowest BCUT2D eigenvalue weighted by Gasteiger charge is -2.07. The highest BCUT2D eigenvalue weighted by molar-refractivity contribution is 5.60. The van der Waals surface area contributed by atoms with E-state index >= 15 is 0 Å². The highest BCUT2D eigenvalue weighted by Gasteiger charge is 2.39. The van der Waals surface area contributed by atoms with Crippen LogP contribution in [0.2, 0.25) is 0 Å².